The first kappa shape index (κ1) is 15.6. The van der Waals surface area contributed by atoms with E-state index in [1.807, 2.05) is 42.7 Å². The van der Waals surface area contributed by atoms with Crippen LogP contribution in [0.25, 0.3) is 33.7 Å². The summed E-state index contributed by atoms with van der Waals surface area (Å²) in [6, 6.07) is 12.3. The summed E-state index contributed by atoms with van der Waals surface area (Å²) >= 11 is 0. The average molecular weight is 353 g/mol. The third-order valence-corrected chi connectivity index (χ3v) is 4.83. The molecular formula is C22H19N5. The lowest BCUT2D eigenvalue weighted by molar-refractivity contribution is 0.728. The number of aromatic amines is 2. The van der Waals surface area contributed by atoms with Crippen LogP contribution < -0.4 is 5.32 Å². The molecule has 1 atom stereocenters. The highest BCUT2D eigenvalue weighted by atomic mass is 15.0. The lowest BCUT2D eigenvalue weighted by Crippen LogP contribution is -2.16. The summed E-state index contributed by atoms with van der Waals surface area (Å²) in [6.45, 7) is 2.10. The monoisotopic (exact) mass is 353 g/mol. The fourth-order valence-electron chi connectivity index (χ4n) is 3.49. The maximum Gasteiger partial charge on any atom is 0.140 e. The SMILES string of the molecule is Cc1ccc2[nH]cc(-c3nc(-c4ccccn4)c(C4C=CC=CN4)[nH]3)c2c1. The van der Waals surface area contributed by atoms with Crippen LogP contribution in [0.1, 0.15) is 17.3 Å². The van der Waals surface area contributed by atoms with Crippen molar-refractivity contribution in [3.05, 3.63) is 84.5 Å². The van der Waals surface area contributed by atoms with Crippen LogP contribution in [0.5, 0.6) is 0 Å². The summed E-state index contributed by atoms with van der Waals surface area (Å²) in [5, 5.41) is 4.54. The number of fused-ring (bicyclic) bond motifs is 1. The fourth-order valence-corrected chi connectivity index (χ4v) is 3.49. The third kappa shape index (κ3) is 2.73. The van der Waals surface area contributed by atoms with Gasteiger partial charge in [0.25, 0.3) is 0 Å². The molecule has 1 aromatic carbocycles. The molecule has 0 bridgehead atoms. The molecule has 132 valence electrons. The highest BCUT2D eigenvalue weighted by molar-refractivity contribution is 5.94. The number of nitrogens with one attached hydrogen (secondary N) is 3. The Hall–Kier alpha value is -3.60. The molecule has 1 aliphatic heterocycles. The highest BCUT2D eigenvalue weighted by Crippen LogP contribution is 2.33. The Bertz CT molecular complexity index is 1160. The molecule has 4 aromatic rings. The van der Waals surface area contributed by atoms with Crippen molar-refractivity contribution in [1.82, 2.24) is 25.3 Å². The third-order valence-electron chi connectivity index (χ3n) is 4.83. The Balaban J connectivity index is 1.69. The van der Waals surface area contributed by atoms with E-state index in [0.29, 0.717) is 0 Å². The van der Waals surface area contributed by atoms with Crippen molar-refractivity contribution in [1.29, 1.82) is 0 Å². The largest absolute Gasteiger partial charge is 0.379 e. The van der Waals surface area contributed by atoms with E-state index < -0.39 is 0 Å². The number of aromatic nitrogens is 4. The molecule has 0 saturated carbocycles. The number of hydrogen-bond acceptors (Lipinski definition) is 3. The zero-order valence-corrected chi connectivity index (χ0v) is 14.9. The second-order valence-electron chi connectivity index (χ2n) is 6.70. The van der Waals surface area contributed by atoms with Gasteiger partial charge in [-0.3, -0.25) is 4.98 Å². The maximum atomic E-state index is 4.94. The van der Waals surface area contributed by atoms with Gasteiger partial charge in [-0.2, -0.15) is 0 Å². The van der Waals surface area contributed by atoms with Crippen LogP contribution in [0.2, 0.25) is 0 Å². The molecule has 0 spiro atoms. The number of imidazole rings is 1. The summed E-state index contributed by atoms with van der Waals surface area (Å²) < 4.78 is 0. The van der Waals surface area contributed by atoms with Gasteiger partial charge >= 0.3 is 0 Å². The lowest BCUT2D eigenvalue weighted by Gasteiger charge is -2.15. The minimum atomic E-state index is 0.0280. The van der Waals surface area contributed by atoms with Crippen LogP contribution in [-0.2, 0) is 0 Å². The van der Waals surface area contributed by atoms with E-state index in [4.69, 9.17) is 4.98 Å². The smallest absolute Gasteiger partial charge is 0.140 e. The molecule has 3 N–H and O–H groups in total. The molecule has 0 amide bonds. The van der Waals surface area contributed by atoms with Gasteiger partial charge < -0.3 is 15.3 Å². The number of pyridine rings is 1. The minimum Gasteiger partial charge on any atom is -0.379 e. The molecule has 5 nitrogen and oxygen atoms in total. The number of rotatable bonds is 3. The van der Waals surface area contributed by atoms with Gasteiger partial charge in [-0.1, -0.05) is 29.8 Å². The van der Waals surface area contributed by atoms with E-state index in [0.717, 1.165) is 39.4 Å². The number of H-pyrrole nitrogens is 2. The summed E-state index contributed by atoms with van der Waals surface area (Å²) in [6.07, 6.45) is 11.9. The first-order chi connectivity index (χ1) is 13.3. The average Bonchev–Trinajstić information content (AvgIpc) is 3.33. The Morgan fingerprint density at radius 3 is 2.85 bits per heavy atom. The number of allylic oxidation sites excluding steroid dienone is 2. The summed E-state index contributed by atoms with van der Waals surface area (Å²) in [7, 11) is 0. The quantitative estimate of drug-likeness (QED) is 0.502. The van der Waals surface area contributed by atoms with E-state index in [1.165, 1.54) is 5.56 Å². The predicted molar refractivity (Wildman–Crippen MR) is 108 cm³/mol. The Labute approximate surface area is 156 Å². The van der Waals surface area contributed by atoms with Gasteiger partial charge in [-0.15, -0.1) is 0 Å². The molecule has 1 aliphatic rings. The number of aryl methyl sites for hydroxylation is 1. The van der Waals surface area contributed by atoms with Gasteiger partial charge in [0.1, 0.15) is 11.5 Å². The second-order valence-corrected chi connectivity index (χ2v) is 6.70. The number of benzene rings is 1. The maximum absolute atomic E-state index is 4.94. The van der Waals surface area contributed by atoms with Crippen molar-refractivity contribution in [3.8, 4) is 22.8 Å². The van der Waals surface area contributed by atoms with Gasteiger partial charge in [0.15, 0.2) is 0 Å². The zero-order chi connectivity index (χ0) is 18.2. The van der Waals surface area contributed by atoms with Crippen molar-refractivity contribution >= 4 is 10.9 Å². The van der Waals surface area contributed by atoms with E-state index in [1.54, 1.807) is 6.20 Å². The van der Waals surface area contributed by atoms with Crippen LogP contribution in [0.15, 0.2) is 73.2 Å². The molecule has 27 heavy (non-hydrogen) atoms. The molecule has 5 rings (SSSR count). The molecule has 0 fully saturated rings. The number of dihydropyridines is 1. The van der Waals surface area contributed by atoms with E-state index in [2.05, 4.69) is 51.5 Å². The zero-order valence-electron chi connectivity index (χ0n) is 14.9. The first-order valence-electron chi connectivity index (χ1n) is 8.98. The minimum absolute atomic E-state index is 0.0280. The fraction of sp³-hybridized carbons (Fsp3) is 0.0909. The molecule has 0 radical (unpaired) electrons. The summed E-state index contributed by atoms with van der Waals surface area (Å²) in [5.74, 6) is 0.840. The second kappa shape index (κ2) is 6.29. The van der Waals surface area contributed by atoms with Gasteiger partial charge in [0.2, 0.25) is 0 Å². The molecule has 0 aliphatic carbocycles. The van der Waals surface area contributed by atoms with Crippen LogP contribution in [0.4, 0.5) is 0 Å². The van der Waals surface area contributed by atoms with Gasteiger partial charge in [-0.05, 0) is 43.5 Å². The van der Waals surface area contributed by atoms with Crippen molar-refractivity contribution in [2.75, 3.05) is 0 Å². The van der Waals surface area contributed by atoms with Crippen LogP contribution in [0, 0.1) is 6.92 Å². The summed E-state index contributed by atoms with van der Waals surface area (Å²) in [5.41, 5.74) is 6.12. The molecule has 1 unspecified atom stereocenters. The first-order valence-corrected chi connectivity index (χ1v) is 8.98. The van der Waals surface area contributed by atoms with Crippen LogP contribution >= 0.6 is 0 Å². The Morgan fingerprint density at radius 1 is 1.07 bits per heavy atom. The van der Waals surface area contributed by atoms with Crippen molar-refractivity contribution in [2.45, 2.75) is 13.0 Å². The number of hydrogen-bond donors (Lipinski definition) is 3. The van der Waals surface area contributed by atoms with Crippen molar-refractivity contribution in [3.63, 3.8) is 0 Å². The van der Waals surface area contributed by atoms with E-state index in [9.17, 15) is 0 Å². The normalized spacial score (nSPS) is 16.0. The van der Waals surface area contributed by atoms with Gasteiger partial charge in [-0.25, -0.2) is 4.98 Å². The molecule has 4 heterocycles. The van der Waals surface area contributed by atoms with Crippen molar-refractivity contribution in [2.24, 2.45) is 0 Å². The predicted octanol–water partition coefficient (Wildman–Crippen LogP) is 4.64. The lowest BCUT2D eigenvalue weighted by atomic mass is 10.1. The topological polar surface area (TPSA) is 69.4 Å². The highest BCUT2D eigenvalue weighted by Gasteiger charge is 2.21. The molecular weight excluding hydrogens is 334 g/mol. The van der Waals surface area contributed by atoms with E-state index in [-0.39, 0.29) is 6.04 Å². The molecule has 5 heteroatoms. The van der Waals surface area contributed by atoms with Crippen LogP contribution in [-0.4, -0.2) is 19.9 Å². The van der Waals surface area contributed by atoms with Crippen molar-refractivity contribution < 1.29 is 0 Å². The molecule has 3 aromatic heterocycles. The Morgan fingerprint density at radius 2 is 2.04 bits per heavy atom. The standard InChI is InChI=1S/C22H19N5/c1-14-8-9-17-15(12-14)16(13-25-17)22-26-20(18-6-2-4-10-23-18)21(27-22)19-7-3-5-11-24-19/h2-13,18,23,25H,1H3,(H,26,27). The van der Waals surface area contributed by atoms with E-state index >= 15 is 0 Å². The number of nitrogens with zero attached hydrogens (tertiary/aromatic N) is 2. The molecule has 0 saturated heterocycles. The van der Waals surface area contributed by atoms with Gasteiger partial charge in [0.05, 0.1) is 17.4 Å². The van der Waals surface area contributed by atoms with Gasteiger partial charge in [0, 0.05) is 28.9 Å². The van der Waals surface area contributed by atoms with Crippen LogP contribution in [0.3, 0.4) is 0 Å². The Kier molecular flexibility index (Phi) is 3.64. The summed E-state index contributed by atoms with van der Waals surface area (Å²) in [4.78, 5) is 16.3.